The summed E-state index contributed by atoms with van der Waals surface area (Å²) in [4.78, 5) is 12.1. The number of benzene rings is 1. The monoisotopic (exact) mass is 267 g/mol. The minimum atomic E-state index is -0.00107. The van der Waals surface area contributed by atoms with Crippen LogP contribution < -0.4 is 5.32 Å². The van der Waals surface area contributed by atoms with Crippen LogP contribution in [-0.4, -0.2) is 18.3 Å². The maximum Gasteiger partial charge on any atom is 0.251 e. The zero-order chi connectivity index (χ0) is 13.8. The van der Waals surface area contributed by atoms with E-state index in [2.05, 4.69) is 19.2 Å². The van der Waals surface area contributed by atoms with Gasteiger partial charge in [-0.15, -0.1) is 11.6 Å². The molecule has 18 heavy (non-hydrogen) atoms. The first kappa shape index (κ1) is 15.0. The molecule has 0 aliphatic carbocycles. The van der Waals surface area contributed by atoms with E-state index < -0.39 is 0 Å². The van der Waals surface area contributed by atoms with E-state index in [1.165, 1.54) is 0 Å². The third-order valence-electron chi connectivity index (χ3n) is 3.14. The maximum atomic E-state index is 12.1. The van der Waals surface area contributed by atoms with E-state index in [4.69, 9.17) is 11.6 Å². The van der Waals surface area contributed by atoms with Gasteiger partial charge in [0.05, 0.1) is 0 Å². The molecule has 0 unspecified atom stereocenters. The van der Waals surface area contributed by atoms with Crippen LogP contribution >= 0.6 is 11.6 Å². The van der Waals surface area contributed by atoms with Crippen LogP contribution in [0, 0.1) is 19.3 Å². The van der Waals surface area contributed by atoms with E-state index in [0.29, 0.717) is 12.4 Å². The van der Waals surface area contributed by atoms with Crippen molar-refractivity contribution in [2.24, 2.45) is 5.41 Å². The Bertz CT molecular complexity index is 427. The lowest BCUT2D eigenvalue weighted by Crippen LogP contribution is -2.34. The summed E-state index contributed by atoms with van der Waals surface area (Å²) >= 11 is 5.75. The zero-order valence-electron chi connectivity index (χ0n) is 11.6. The molecule has 0 saturated carbocycles. The molecule has 1 aromatic rings. The number of carbonyl (C=O) groups is 1. The first-order chi connectivity index (χ1) is 8.35. The van der Waals surface area contributed by atoms with Crippen molar-refractivity contribution < 1.29 is 4.79 Å². The highest BCUT2D eigenvalue weighted by Crippen LogP contribution is 2.20. The van der Waals surface area contributed by atoms with Crippen molar-refractivity contribution in [1.82, 2.24) is 5.32 Å². The van der Waals surface area contributed by atoms with E-state index in [9.17, 15) is 4.79 Å². The van der Waals surface area contributed by atoms with Crippen molar-refractivity contribution in [2.75, 3.05) is 12.4 Å². The molecule has 0 fully saturated rings. The van der Waals surface area contributed by atoms with Crippen LogP contribution in [0.2, 0.25) is 0 Å². The lowest BCUT2D eigenvalue weighted by atomic mass is 9.90. The highest BCUT2D eigenvalue weighted by molar-refractivity contribution is 6.17. The van der Waals surface area contributed by atoms with Crippen molar-refractivity contribution in [3.63, 3.8) is 0 Å². The first-order valence-electron chi connectivity index (χ1n) is 6.27. The normalized spacial score (nSPS) is 11.4. The van der Waals surface area contributed by atoms with Gasteiger partial charge < -0.3 is 5.32 Å². The first-order valence-corrected chi connectivity index (χ1v) is 6.80. The third-order valence-corrected chi connectivity index (χ3v) is 3.33. The molecule has 0 aliphatic heterocycles. The second kappa shape index (κ2) is 6.24. The van der Waals surface area contributed by atoms with Crippen molar-refractivity contribution >= 4 is 17.5 Å². The van der Waals surface area contributed by atoms with E-state index in [-0.39, 0.29) is 11.3 Å². The fourth-order valence-corrected chi connectivity index (χ4v) is 2.25. The number of rotatable bonds is 5. The summed E-state index contributed by atoms with van der Waals surface area (Å²) in [5, 5.41) is 2.99. The molecule has 0 saturated heterocycles. The summed E-state index contributed by atoms with van der Waals surface area (Å²) in [6, 6.07) is 5.93. The molecule has 1 amide bonds. The smallest absolute Gasteiger partial charge is 0.251 e. The van der Waals surface area contributed by atoms with Crippen molar-refractivity contribution in [1.29, 1.82) is 0 Å². The van der Waals surface area contributed by atoms with Gasteiger partial charge in [0, 0.05) is 18.0 Å². The lowest BCUT2D eigenvalue weighted by molar-refractivity contribution is 0.0935. The number of carbonyl (C=O) groups excluding carboxylic acids is 1. The predicted octanol–water partition coefficient (Wildman–Crippen LogP) is 3.69. The molecular weight excluding hydrogens is 246 g/mol. The van der Waals surface area contributed by atoms with E-state index in [1.807, 2.05) is 32.0 Å². The van der Waals surface area contributed by atoms with Crippen molar-refractivity contribution in [3.05, 3.63) is 34.9 Å². The molecule has 1 aromatic carbocycles. The molecule has 2 nitrogen and oxygen atoms in total. The van der Waals surface area contributed by atoms with Gasteiger partial charge in [0.25, 0.3) is 5.91 Å². The fourth-order valence-electron chi connectivity index (χ4n) is 1.74. The summed E-state index contributed by atoms with van der Waals surface area (Å²) < 4.78 is 0. The molecule has 1 rings (SSSR count). The van der Waals surface area contributed by atoms with E-state index >= 15 is 0 Å². The van der Waals surface area contributed by atoms with Crippen molar-refractivity contribution in [2.45, 2.75) is 34.1 Å². The molecule has 1 N–H and O–H groups in total. The van der Waals surface area contributed by atoms with Crippen LogP contribution in [0.4, 0.5) is 0 Å². The summed E-state index contributed by atoms with van der Waals surface area (Å²) in [6.45, 7) is 8.81. The Morgan fingerprint density at radius 3 is 2.61 bits per heavy atom. The number of nitrogens with one attached hydrogen (secondary N) is 1. The number of alkyl halides is 1. The quantitative estimate of drug-likeness (QED) is 0.810. The number of amides is 1. The minimum absolute atomic E-state index is 0.00107. The van der Waals surface area contributed by atoms with Gasteiger partial charge in [-0.2, -0.15) is 0 Å². The molecular formula is C15H22ClNO. The number of halogens is 1. The van der Waals surface area contributed by atoms with Gasteiger partial charge in [0.1, 0.15) is 0 Å². The SMILES string of the molecule is Cc1ccc(C)c(C(=O)NCC(C)(C)CCCl)c1. The molecule has 100 valence electrons. The molecule has 0 radical (unpaired) electrons. The van der Waals surface area contributed by atoms with Crippen LogP contribution in [0.15, 0.2) is 18.2 Å². The number of hydrogen-bond donors (Lipinski definition) is 1. The van der Waals surface area contributed by atoms with Gasteiger partial charge in [-0.1, -0.05) is 31.5 Å². The Kier molecular flexibility index (Phi) is 5.21. The Hall–Kier alpha value is -1.02. The molecule has 3 heteroatoms. The molecule has 0 atom stereocenters. The second-order valence-electron chi connectivity index (χ2n) is 5.60. The van der Waals surface area contributed by atoms with Gasteiger partial charge in [0.15, 0.2) is 0 Å². The van der Waals surface area contributed by atoms with Crippen LogP contribution in [0.5, 0.6) is 0 Å². The number of aryl methyl sites for hydroxylation is 2. The van der Waals surface area contributed by atoms with Crippen LogP contribution in [0.25, 0.3) is 0 Å². The van der Waals surface area contributed by atoms with Gasteiger partial charge in [-0.3, -0.25) is 4.79 Å². The molecule has 0 aliphatic rings. The Morgan fingerprint density at radius 2 is 2.00 bits per heavy atom. The molecule has 0 bridgehead atoms. The average Bonchev–Trinajstić information content (AvgIpc) is 2.29. The summed E-state index contributed by atoms with van der Waals surface area (Å²) in [5.41, 5.74) is 2.91. The molecule has 0 aromatic heterocycles. The Morgan fingerprint density at radius 1 is 1.33 bits per heavy atom. The highest BCUT2D eigenvalue weighted by atomic mass is 35.5. The Balaban J connectivity index is 2.69. The minimum Gasteiger partial charge on any atom is -0.351 e. The summed E-state index contributed by atoms with van der Waals surface area (Å²) in [7, 11) is 0. The van der Waals surface area contributed by atoms with E-state index in [1.54, 1.807) is 0 Å². The van der Waals surface area contributed by atoms with Gasteiger partial charge in [-0.05, 0) is 37.3 Å². The summed E-state index contributed by atoms with van der Waals surface area (Å²) in [5.74, 6) is 0.616. The van der Waals surface area contributed by atoms with Gasteiger partial charge in [-0.25, -0.2) is 0 Å². The maximum absolute atomic E-state index is 12.1. The number of hydrogen-bond acceptors (Lipinski definition) is 1. The van der Waals surface area contributed by atoms with Gasteiger partial charge in [0.2, 0.25) is 0 Å². The fraction of sp³-hybridized carbons (Fsp3) is 0.533. The van der Waals surface area contributed by atoms with Crippen LogP contribution in [-0.2, 0) is 0 Å². The third kappa shape index (κ3) is 4.34. The zero-order valence-corrected chi connectivity index (χ0v) is 12.4. The average molecular weight is 268 g/mol. The van der Waals surface area contributed by atoms with Gasteiger partial charge >= 0.3 is 0 Å². The summed E-state index contributed by atoms with van der Waals surface area (Å²) in [6.07, 6.45) is 0.891. The van der Waals surface area contributed by atoms with Crippen LogP contribution in [0.3, 0.4) is 0 Å². The predicted molar refractivity (Wildman–Crippen MR) is 77.4 cm³/mol. The Labute approximate surface area is 115 Å². The topological polar surface area (TPSA) is 29.1 Å². The highest BCUT2D eigenvalue weighted by Gasteiger charge is 2.19. The van der Waals surface area contributed by atoms with Crippen LogP contribution in [0.1, 0.15) is 41.8 Å². The standard InChI is InChI=1S/C15H22ClNO/c1-11-5-6-12(2)13(9-11)14(18)17-10-15(3,4)7-8-16/h5-6,9H,7-8,10H2,1-4H3,(H,17,18). The largest absolute Gasteiger partial charge is 0.351 e. The lowest BCUT2D eigenvalue weighted by Gasteiger charge is -2.24. The molecule has 0 spiro atoms. The van der Waals surface area contributed by atoms with Crippen molar-refractivity contribution in [3.8, 4) is 0 Å². The molecule has 0 heterocycles. The van der Waals surface area contributed by atoms with E-state index in [0.717, 1.165) is 23.1 Å². The second-order valence-corrected chi connectivity index (χ2v) is 5.98.